The first-order valence-electron chi connectivity index (χ1n) is 6.02. The third-order valence-corrected chi connectivity index (χ3v) is 3.03. The van der Waals surface area contributed by atoms with Gasteiger partial charge in [0.25, 0.3) is 0 Å². The fraction of sp³-hybridized carbons (Fsp3) is 0.917. The van der Waals surface area contributed by atoms with E-state index in [9.17, 15) is 4.79 Å². The molecular formula is C12H24BrNO. The van der Waals surface area contributed by atoms with Crippen molar-refractivity contribution in [3.05, 3.63) is 0 Å². The summed E-state index contributed by atoms with van der Waals surface area (Å²) < 4.78 is 0. The molecule has 3 heteroatoms. The van der Waals surface area contributed by atoms with Crippen LogP contribution in [-0.2, 0) is 4.79 Å². The van der Waals surface area contributed by atoms with Crippen LogP contribution >= 0.6 is 15.9 Å². The fourth-order valence-electron chi connectivity index (χ4n) is 1.70. The lowest BCUT2D eigenvalue weighted by molar-refractivity contribution is -0.126. The number of alkyl halides is 1. The van der Waals surface area contributed by atoms with Crippen molar-refractivity contribution < 1.29 is 4.79 Å². The number of hydrogen-bond donors (Lipinski definition) is 1. The summed E-state index contributed by atoms with van der Waals surface area (Å²) in [7, 11) is 0. The highest BCUT2D eigenvalue weighted by atomic mass is 79.9. The predicted octanol–water partition coefficient (Wildman–Crippen LogP) is 3.49. The lowest BCUT2D eigenvalue weighted by Gasteiger charge is -2.19. The molecule has 0 aromatic rings. The first-order chi connectivity index (χ1) is 7.15. The molecule has 0 saturated carbocycles. The maximum atomic E-state index is 11.9. The first-order valence-corrected chi connectivity index (χ1v) is 7.14. The van der Waals surface area contributed by atoms with Gasteiger partial charge in [0.15, 0.2) is 0 Å². The molecule has 1 N–H and O–H groups in total. The highest BCUT2D eigenvalue weighted by Crippen LogP contribution is 2.14. The van der Waals surface area contributed by atoms with Crippen molar-refractivity contribution in [1.29, 1.82) is 0 Å². The van der Waals surface area contributed by atoms with Crippen LogP contribution in [0, 0.1) is 5.92 Å². The summed E-state index contributed by atoms with van der Waals surface area (Å²) in [6.07, 6.45) is 5.20. The SMILES string of the molecule is CCCC(CCC)C(=O)NC(C)CCBr. The zero-order valence-corrected chi connectivity index (χ0v) is 11.8. The van der Waals surface area contributed by atoms with Gasteiger partial charge in [-0.25, -0.2) is 0 Å². The van der Waals surface area contributed by atoms with Gasteiger partial charge < -0.3 is 5.32 Å². The Kier molecular flexibility index (Phi) is 9.17. The van der Waals surface area contributed by atoms with E-state index in [0.29, 0.717) is 0 Å². The van der Waals surface area contributed by atoms with Gasteiger partial charge in [-0.1, -0.05) is 42.6 Å². The van der Waals surface area contributed by atoms with Crippen molar-refractivity contribution in [2.75, 3.05) is 5.33 Å². The van der Waals surface area contributed by atoms with E-state index in [2.05, 4.69) is 42.0 Å². The van der Waals surface area contributed by atoms with E-state index in [4.69, 9.17) is 0 Å². The molecule has 0 heterocycles. The lowest BCUT2D eigenvalue weighted by atomic mass is 9.97. The minimum Gasteiger partial charge on any atom is -0.353 e. The van der Waals surface area contributed by atoms with Gasteiger partial charge in [-0.3, -0.25) is 4.79 Å². The number of amides is 1. The van der Waals surface area contributed by atoms with E-state index in [-0.39, 0.29) is 17.9 Å². The monoisotopic (exact) mass is 277 g/mol. The van der Waals surface area contributed by atoms with Crippen LogP contribution in [0.3, 0.4) is 0 Å². The van der Waals surface area contributed by atoms with Crippen molar-refractivity contribution in [3.8, 4) is 0 Å². The number of hydrogen-bond acceptors (Lipinski definition) is 1. The summed E-state index contributed by atoms with van der Waals surface area (Å²) in [6, 6.07) is 0.285. The minimum atomic E-state index is 0.220. The molecule has 0 bridgehead atoms. The van der Waals surface area contributed by atoms with Gasteiger partial charge in [-0.2, -0.15) is 0 Å². The molecule has 15 heavy (non-hydrogen) atoms. The third-order valence-electron chi connectivity index (χ3n) is 2.58. The molecule has 0 saturated heterocycles. The number of rotatable bonds is 8. The van der Waals surface area contributed by atoms with E-state index in [1.165, 1.54) is 0 Å². The van der Waals surface area contributed by atoms with Crippen LogP contribution in [0.25, 0.3) is 0 Å². The summed E-state index contributed by atoms with van der Waals surface area (Å²) in [6.45, 7) is 6.34. The van der Waals surface area contributed by atoms with Gasteiger partial charge in [0.1, 0.15) is 0 Å². The quantitative estimate of drug-likeness (QED) is 0.676. The second-order valence-electron chi connectivity index (χ2n) is 4.16. The van der Waals surface area contributed by atoms with Crippen molar-refractivity contribution in [1.82, 2.24) is 5.32 Å². The van der Waals surface area contributed by atoms with Gasteiger partial charge in [-0.05, 0) is 26.2 Å². The molecule has 0 fully saturated rings. The van der Waals surface area contributed by atoms with E-state index in [0.717, 1.165) is 37.4 Å². The molecule has 0 aliphatic carbocycles. The van der Waals surface area contributed by atoms with Crippen LogP contribution in [0.15, 0.2) is 0 Å². The standard InChI is InChI=1S/C12H24BrNO/c1-4-6-11(7-5-2)12(15)14-10(3)8-9-13/h10-11H,4-9H2,1-3H3,(H,14,15). The summed E-state index contributed by atoms with van der Waals surface area (Å²) >= 11 is 3.39. The van der Waals surface area contributed by atoms with Crippen molar-refractivity contribution in [2.24, 2.45) is 5.92 Å². The summed E-state index contributed by atoms with van der Waals surface area (Å²) in [5, 5.41) is 4.03. The van der Waals surface area contributed by atoms with Gasteiger partial charge >= 0.3 is 0 Å². The maximum Gasteiger partial charge on any atom is 0.223 e. The van der Waals surface area contributed by atoms with Gasteiger partial charge in [0.2, 0.25) is 5.91 Å². The molecule has 0 aromatic carbocycles. The average molecular weight is 278 g/mol. The molecule has 90 valence electrons. The number of carbonyl (C=O) groups excluding carboxylic acids is 1. The second-order valence-corrected chi connectivity index (χ2v) is 4.95. The molecule has 0 aliphatic rings. The largest absolute Gasteiger partial charge is 0.353 e. The highest BCUT2D eigenvalue weighted by molar-refractivity contribution is 9.09. The summed E-state index contributed by atoms with van der Waals surface area (Å²) in [5.74, 6) is 0.463. The van der Waals surface area contributed by atoms with Crippen molar-refractivity contribution >= 4 is 21.8 Å². The topological polar surface area (TPSA) is 29.1 Å². The smallest absolute Gasteiger partial charge is 0.223 e. The van der Waals surface area contributed by atoms with E-state index < -0.39 is 0 Å². The Bertz CT molecular complexity index is 167. The molecule has 0 spiro atoms. The minimum absolute atomic E-state index is 0.220. The lowest BCUT2D eigenvalue weighted by Crippen LogP contribution is -2.37. The molecule has 0 aromatic heterocycles. The van der Waals surface area contributed by atoms with E-state index >= 15 is 0 Å². The van der Waals surface area contributed by atoms with Crippen molar-refractivity contribution in [2.45, 2.75) is 58.9 Å². The van der Waals surface area contributed by atoms with Crippen LogP contribution in [0.5, 0.6) is 0 Å². The number of nitrogens with one attached hydrogen (secondary N) is 1. The average Bonchev–Trinajstić information content (AvgIpc) is 2.17. The van der Waals surface area contributed by atoms with Crippen LogP contribution in [0.4, 0.5) is 0 Å². The Balaban J connectivity index is 4.00. The molecule has 0 rings (SSSR count). The third kappa shape index (κ3) is 6.93. The fourth-order valence-corrected chi connectivity index (χ4v) is 2.39. The normalized spacial score (nSPS) is 12.9. The molecule has 0 radical (unpaired) electrons. The molecule has 2 nitrogen and oxygen atoms in total. The Labute approximate surface area is 102 Å². The van der Waals surface area contributed by atoms with Crippen molar-refractivity contribution in [3.63, 3.8) is 0 Å². The Morgan fingerprint density at radius 3 is 2.13 bits per heavy atom. The zero-order chi connectivity index (χ0) is 11.7. The summed E-state index contributed by atoms with van der Waals surface area (Å²) in [4.78, 5) is 11.9. The first kappa shape index (κ1) is 14.9. The zero-order valence-electron chi connectivity index (χ0n) is 10.2. The van der Waals surface area contributed by atoms with Gasteiger partial charge in [0.05, 0.1) is 0 Å². The number of carbonyl (C=O) groups is 1. The molecule has 0 aliphatic heterocycles. The molecule has 1 unspecified atom stereocenters. The maximum absolute atomic E-state index is 11.9. The van der Waals surface area contributed by atoms with E-state index in [1.807, 2.05) is 0 Å². The molecule has 1 atom stereocenters. The number of halogens is 1. The van der Waals surface area contributed by atoms with Gasteiger partial charge in [-0.15, -0.1) is 0 Å². The van der Waals surface area contributed by atoms with E-state index in [1.54, 1.807) is 0 Å². The highest BCUT2D eigenvalue weighted by Gasteiger charge is 2.17. The Morgan fingerprint density at radius 2 is 1.73 bits per heavy atom. The second kappa shape index (κ2) is 9.20. The molecule has 1 amide bonds. The van der Waals surface area contributed by atoms with Crippen LogP contribution < -0.4 is 5.32 Å². The Hall–Kier alpha value is -0.0500. The molecular weight excluding hydrogens is 254 g/mol. The predicted molar refractivity (Wildman–Crippen MR) is 69.3 cm³/mol. The van der Waals surface area contributed by atoms with Crippen LogP contribution in [-0.4, -0.2) is 17.3 Å². The van der Waals surface area contributed by atoms with Crippen LogP contribution in [0.2, 0.25) is 0 Å². The van der Waals surface area contributed by atoms with Crippen LogP contribution in [0.1, 0.15) is 52.9 Å². The summed E-state index contributed by atoms with van der Waals surface area (Å²) in [5.41, 5.74) is 0. The Morgan fingerprint density at radius 1 is 1.20 bits per heavy atom. The van der Waals surface area contributed by atoms with Gasteiger partial charge in [0, 0.05) is 17.3 Å².